The maximum absolute atomic E-state index is 11.8. The Balaban J connectivity index is 2.18. The molecule has 0 bridgehead atoms. The van der Waals surface area contributed by atoms with E-state index in [9.17, 15) is 4.79 Å². The van der Waals surface area contributed by atoms with Gasteiger partial charge in [-0.05, 0) is 29.8 Å². The molecule has 2 rings (SSSR count). The molecule has 20 heavy (non-hydrogen) atoms. The molecule has 0 aliphatic rings. The van der Waals surface area contributed by atoms with Crippen LogP contribution in [0.3, 0.4) is 0 Å². The van der Waals surface area contributed by atoms with Gasteiger partial charge in [-0.15, -0.1) is 11.8 Å². The van der Waals surface area contributed by atoms with Crippen molar-refractivity contribution in [2.45, 2.75) is 10.4 Å². The maximum atomic E-state index is 11.8. The second kappa shape index (κ2) is 6.43. The molecule has 3 nitrogen and oxygen atoms in total. The zero-order chi connectivity index (χ0) is 14.6. The van der Waals surface area contributed by atoms with E-state index >= 15 is 0 Å². The molecule has 0 fully saturated rings. The number of carbonyl (C=O) groups excluding carboxylic acids is 1. The third-order valence-corrected chi connectivity index (χ3v) is 4.74. The van der Waals surface area contributed by atoms with Gasteiger partial charge in [-0.1, -0.05) is 46.3 Å². The van der Waals surface area contributed by atoms with E-state index in [1.165, 1.54) is 11.8 Å². The number of thioether (sulfide) groups is 1. The number of halogens is 1. The molecule has 1 amide bonds. The molecule has 0 aliphatic carbocycles. The number of amides is 1. The van der Waals surface area contributed by atoms with E-state index < -0.39 is 11.4 Å². The van der Waals surface area contributed by atoms with Crippen molar-refractivity contribution in [1.82, 2.24) is 0 Å². The van der Waals surface area contributed by atoms with Crippen LogP contribution in [0.4, 0.5) is 0 Å². The molecule has 0 spiro atoms. The van der Waals surface area contributed by atoms with Crippen LogP contribution in [0.5, 0.6) is 0 Å². The first-order chi connectivity index (χ1) is 9.52. The molecule has 1 atom stereocenters. The summed E-state index contributed by atoms with van der Waals surface area (Å²) in [5, 5.41) is 0. The van der Waals surface area contributed by atoms with Gasteiger partial charge in [0.05, 0.1) is 0 Å². The number of benzene rings is 2. The summed E-state index contributed by atoms with van der Waals surface area (Å²) in [4.78, 5) is 12.8. The Morgan fingerprint density at radius 2 is 1.70 bits per heavy atom. The fraction of sp³-hybridized carbons (Fsp3) is 0.133. The van der Waals surface area contributed by atoms with E-state index in [-0.39, 0.29) is 0 Å². The number of hydrogen-bond donors (Lipinski definition) is 2. The molecule has 0 saturated carbocycles. The summed E-state index contributed by atoms with van der Waals surface area (Å²) in [5.41, 5.74) is 11.3. The fourth-order valence-electron chi connectivity index (χ4n) is 1.76. The second-order valence-electron chi connectivity index (χ2n) is 4.44. The highest BCUT2D eigenvalue weighted by Crippen LogP contribution is 2.28. The maximum Gasteiger partial charge on any atom is 0.243 e. The highest BCUT2D eigenvalue weighted by Gasteiger charge is 2.33. The minimum Gasteiger partial charge on any atom is -0.368 e. The molecule has 5 heteroatoms. The van der Waals surface area contributed by atoms with Crippen molar-refractivity contribution in [2.24, 2.45) is 11.5 Å². The van der Waals surface area contributed by atoms with Gasteiger partial charge in [0.15, 0.2) is 0 Å². The minimum atomic E-state index is -1.17. The lowest BCUT2D eigenvalue weighted by atomic mass is 9.92. The Kier molecular flexibility index (Phi) is 4.86. The molecule has 2 aromatic rings. The van der Waals surface area contributed by atoms with Crippen molar-refractivity contribution in [3.63, 3.8) is 0 Å². The monoisotopic (exact) mass is 350 g/mol. The standard InChI is InChI=1S/C15H15BrN2OS/c16-12-6-8-13(9-7-12)20-10-15(18,14(17)19)11-4-2-1-3-5-11/h1-9H,10,18H2,(H2,17,19). The van der Waals surface area contributed by atoms with Gasteiger partial charge in [-0.25, -0.2) is 0 Å². The van der Waals surface area contributed by atoms with Crippen molar-refractivity contribution in [1.29, 1.82) is 0 Å². The van der Waals surface area contributed by atoms with E-state index in [1.54, 1.807) is 0 Å². The molecule has 4 N–H and O–H groups in total. The average Bonchev–Trinajstić information content (AvgIpc) is 2.47. The van der Waals surface area contributed by atoms with Crippen LogP contribution >= 0.6 is 27.7 Å². The topological polar surface area (TPSA) is 69.1 Å². The SMILES string of the molecule is NC(=O)C(N)(CSc1ccc(Br)cc1)c1ccccc1. The van der Waals surface area contributed by atoms with Gasteiger partial charge in [0.1, 0.15) is 5.54 Å². The Morgan fingerprint density at radius 3 is 2.25 bits per heavy atom. The summed E-state index contributed by atoms with van der Waals surface area (Å²) in [6.45, 7) is 0. The number of primary amides is 1. The first-order valence-electron chi connectivity index (χ1n) is 6.05. The third kappa shape index (κ3) is 3.42. The fourth-order valence-corrected chi connectivity index (χ4v) is 3.06. The largest absolute Gasteiger partial charge is 0.368 e. The summed E-state index contributed by atoms with van der Waals surface area (Å²) < 4.78 is 1.01. The van der Waals surface area contributed by atoms with Crippen LogP contribution in [-0.2, 0) is 10.3 Å². The molecule has 0 aliphatic heterocycles. The minimum absolute atomic E-state index is 0.397. The Morgan fingerprint density at radius 1 is 1.10 bits per heavy atom. The van der Waals surface area contributed by atoms with Gasteiger partial charge in [-0.3, -0.25) is 4.79 Å². The van der Waals surface area contributed by atoms with Crippen molar-refractivity contribution in [3.05, 3.63) is 64.6 Å². The summed E-state index contributed by atoms with van der Waals surface area (Å²) >= 11 is 4.90. The van der Waals surface area contributed by atoms with Crippen LogP contribution in [0, 0.1) is 0 Å². The van der Waals surface area contributed by atoms with Crippen LogP contribution < -0.4 is 11.5 Å². The number of nitrogens with two attached hydrogens (primary N) is 2. The molecular formula is C15H15BrN2OS. The predicted octanol–water partition coefficient (Wildman–Crippen LogP) is 2.88. The van der Waals surface area contributed by atoms with Crippen LogP contribution in [0.1, 0.15) is 5.56 Å². The van der Waals surface area contributed by atoms with E-state index in [0.29, 0.717) is 5.75 Å². The van der Waals surface area contributed by atoms with E-state index in [0.717, 1.165) is 14.9 Å². The first-order valence-corrected chi connectivity index (χ1v) is 7.83. The lowest BCUT2D eigenvalue weighted by molar-refractivity contribution is -0.122. The van der Waals surface area contributed by atoms with Crippen LogP contribution in [0.2, 0.25) is 0 Å². The van der Waals surface area contributed by atoms with Gasteiger partial charge < -0.3 is 11.5 Å². The highest BCUT2D eigenvalue weighted by atomic mass is 79.9. The molecule has 0 aromatic heterocycles. The van der Waals surface area contributed by atoms with Gasteiger partial charge in [0.25, 0.3) is 0 Å². The summed E-state index contributed by atoms with van der Waals surface area (Å²) in [7, 11) is 0. The van der Waals surface area contributed by atoms with Crippen LogP contribution in [-0.4, -0.2) is 11.7 Å². The predicted molar refractivity (Wildman–Crippen MR) is 86.4 cm³/mol. The molecule has 104 valence electrons. The van der Waals surface area contributed by atoms with Crippen LogP contribution in [0.25, 0.3) is 0 Å². The Labute approximate surface area is 130 Å². The van der Waals surface area contributed by atoms with Gasteiger partial charge in [0, 0.05) is 15.1 Å². The van der Waals surface area contributed by atoms with Crippen LogP contribution in [0.15, 0.2) is 64.0 Å². The number of carbonyl (C=O) groups is 1. The molecule has 0 radical (unpaired) electrons. The average molecular weight is 351 g/mol. The quantitative estimate of drug-likeness (QED) is 0.814. The Bertz CT molecular complexity index is 589. The Hall–Kier alpha value is -1.30. The normalized spacial score (nSPS) is 13.7. The molecular weight excluding hydrogens is 336 g/mol. The molecule has 2 aromatic carbocycles. The second-order valence-corrected chi connectivity index (χ2v) is 6.41. The molecule has 0 heterocycles. The molecule has 1 unspecified atom stereocenters. The van der Waals surface area contributed by atoms with E-state index in [2.05, 4.69) is 15.9 Å². The number of rotatable bonds is 5. The van der Waals surface area contributed by atoms with Gasteiger partial charge in [-0.2, -0.15) is 0 Å². The van der Waals surface area contributed by atoms with Crippen molar-refractivity contribution in [3.8, 4) is 0 Å². The number of hydrogen-bond acceptors (Lipinski definition) is 3. The van der Waals surface area contributed by atoms with Crippen molar-refractivity contribution in [2.75, 3.05) is 5.75 Å². The zero-order valence-electron chi connectivity index (χ0n) is 10.8. The first kappa shape index (κ1) is 15.1. The van der Waals surface area contributed by atoms with Crippen molar-refractivity contribution >= 4 is 33.6 Å². The lowest BCUT2D eigenvalue weighted by Gasteiger charge is -2.26. The smallest absolute Gasteiger partial charge is 0.243 e. The zero-order valence-corrected chi connectivity index (χ0v) is 13.2. The molecule has 0 saturated heterocycles. The van der Waals surface area contributed by atoms with Crippen molar-refractivity contribution < 1.29 is 4.79 Å². The van der Waals surface area contributed by atoms with E-state index in [4.69, 9.17) is 11.5 Å². The highest BCUT2D eigenvalue weighted by molar-refractivity contribution is 9.10. The summed E-state index contributed by atoms with van der Waals surface area (Å²) in [6, 6.07) is 17.1. The van der Waals surface area contributed by atoms with Gasteiger partial charge in [0.2, 0.25) is 5.91 Å². The summed E-state index contributed by atoms with van der Waals surface area (Å²) in [6.07, 6.45) is 0. The lowest BCUT2D eigenvalue weighted by Crippen LogP contribution is -2.51. The third-order valence-electron chi connectivity index (χ3n) is 3.01. The van der Waals surface area contributed by atoms with E-state index in [1.807, 2.05) is 54.6 Å². The summed E-state index contributed by atoms with van der Waals surface area (Å²) in [5.74, 6) is -0.123. The van der Waals surface area contributed by atoms with Gasteiger partial charge >= 0.3 is 0 Å².